The molecule has 2 aromatic rings. The molecule has 0 atom stereocenters. The van der Waals surface area contributed by atoms with Crippen molar-refractivity contribution in [2.24, 2.45) is 5.92 Å². The minimum atomic E-state index is -0.294. The van der Waals surface area contributed by atoms with Crippen molar-refractivity contribution in [3.8, 4) is 0 Å². The van der Waals surface area contributed by atoms with Crippen LogP contribution in [0.2, 0.25) is 0 Å². The van der Waals surface area contributed by atoms with Crippen LogP contribution in [0.3, 0.4) is 0 Å². The van der Waals surface area contributed by atoms with Crippen LogP contribution in [-0.2, 0) is 0 Å². The van der Waals surface area contributed by atoms with Crippen LogP contribution < -0.4 is 10.6 Å². The van der Waals surface area contributed by atoms with Gasteiger partial charge in [0.25, 0.3) is 0 Å². The van der Waals surface area contributed by atoms with Gasteiger partial charge in [-0.25, -0.2) is 9.37 Å². The molecule has 0 unspecified atom stereocenters. The lowest BCUT2D eigenvalue weighted by Crippen LogP contribution is -2.12. The van der Waals surface area contributed by atoms with Crippen molar-refractivity contribution < 1.29 is 4.39 Å². The van der Waals surface area contributed by atoms with Crippen molar-refractivity contribution in [2.45, 2.75) is 41.0 Å². The number of hydrogen-bond acceptors (Lipinski definition) is 3. The minimum absolute atomic E-state index is 0.294. The van der Waals surface area contributed by atoms with Crippen LogP contribution in [0.25, 0.3) is 11.1 Å². The summed E-state index contributed by atoms with van der Waals surface area (Å²) in [5.41, 5.74) is 9.17. The molecule has 42 heavy (non-hydrogen) atoms. The highest BCUT2D eigenvalue weighted by Crippen LogP contribution is 2.31. The van der Waals surface area contributed by atoms with E-state index in [1.165, 1.54) is 12.1 Å². The van der Waals surface area contributed by atoms with Crippen molar-refractivity contribution in [1.82, 2.24) is 20.6 Å². The molecule has 0 aliphatic rings. The number of benzene rings is 1. The molecule has 0 saturated carbocycles. The van der Waals surface area contributed by atoms with Gasteiger partial charge in [0.2, 0.25) is 0 Å². The summed E-state index contributed by atoms with van der Waals surface area (Å²) in [6.45, 7) is 31.0. The molecule has 0 radical (unpaired) electrons. The number of H-pyrrole nitrogens is 1. The van der Waals surface area contributed by atoms with Crippen molar-refractivity contribution in [2.75, 3.05) is 7.05 Å². The lowest BCUT2D eigenvalue weighted by Gasteiger charge is -2.16. The second-order valence-corrected chi connectivity index (χ2v) is 10.3. The molecule has 1 aromatic heterocycles. The van der Waals surface area contributed by atoms with Gasteiger partial charge in [-0.05, 0) is 80.2 Å². The van der Waals surface area contributed by atoms with Crippen LogP contribution >= 0.6 is 0 Å². The number of allylic oxidation sites excluding steroid dienone is 11. The van der Waals surface area contributed by atoms with Gasteiger partial charge >= 0.3 is 0 Å². The number of aryl methyl sites for hydroxylation is 1. The third-order valence-electron chi connectivity index (χ3n) is 6.55. The summed E-state index contributed by atoms with van der Waals surface area (Å²) in [5.74, 6) is 0.816. The average molecular weight is 565 g/mol. The summed E-state index contributed by atoms with van der Waals surface area (Å²) in [4.78, 5) is 8.34. The molecular weight excluding hydrogens is 519 g/mol. The predicted molar refractivity (Wildman–Crippen MR) is 180 cm³/mol. The van der Waals surface area contributed by atoms with Gasteiger partial charge in [0.1, 0.15) is 11.6 Å². The van der Waals surface area contributed by atoms with Gasteiger partial charge in [-0.15, -0.1) is 0 Å². The van der Waals surface area contributed by atoms with E-state index in [0.29, 0.717) is 17.3 Å². The molecule has 0 aliphatic carbocycles. The highest BCUT2D eigenvalue weighted by molar-refractivity contribution is 5.84. The molecule has 1 aromatic carbocycles. The fourth-order valence-corrected chi connectivity index (χ4v) is 4.49. The maximum absolute atomic E-state index is 13.6. The van der Waals surface area contributed by atoms with Crippen molar-refractivity contribution >= 4 is 11.1 Å². The first-order valence-electron chi connectivity index (χ1n) is 14.0. The molecule has 220 valence electrons. The quantitative estimate of drug-likeness (QED) is 0.189. The van der Waals surface area contributed by atoms with Gasteiger partial charge in [0.15, 0.2) is 0 Å². The summed E-state index contributed by atoms with van der Waals surface area (Å²) < 4.78 is 13.6. The first kappa shape index (κ1) is 33.6. The maximum Gasteiger partial charge on any atom is 0.138 e. The lowest BCUT2D eigenvalue weighted by molar-refractivity contribution is 0.622. The van der Waals surface area contributed by atoms with Gasteiger partial charge in [0, 0.05) is 46.6 Å². The second kappa shape index (κ2) is 16.0. The molecule has 0 amide bonds. The van der Waals surface area contributed by atoms with E-state index < -0.39 is 0 Å². The van der Waals surface area contributed by atoms with E-state index in [1.54, 1.807) is 24.3 Å². The van der Waals surface area contributed by atoms with E-state index in [2.05, 4.69) is 62.4 Å². The second-order valence-electron chi connectivity index (χ2n) is 10.3. The fourth-order valence-electron chi connectivity index (χ4n) is 4.49. The van der Waals surface area contributed by atoms with Crippen LogP contribution in [0.5, 0.6) is 0 Å². The number of likely N-dealkylation sites (N-methyl/N-ethyl adjacent to an activating group) is 1. The molecule has 0 bridgehead atoms. The smallest absolute Gasteiger partial charge is 0.138 e. The molecule has 1 heterocycles. The highest BCUT2D eigenvalue weighted by Gasteiger charge is 2.18. The lowest BCUT2D eigenvalue weighted by atomic mass is 9.96. The van der Waals surface area contributed by atoms with Gasteiger partial charge in [-0.2, -0.15) is 0 Å². The standard InChI is InChI=1S/C37H45FN4/c1-12-16-33(30-17-19-31(38)20-18-30)36-28(10)41-37(42-36)27(9)34(35(15-4)39-11)22-25(7)29(13-2)23-32(14-3)40-26(8)21-24(5)6/h12-20,22-24,39-40H,1,3,7-9,21H2,2,4-6,10-11H3,(H,41,42)/b29-13+,32-23+,33-16-,34-22-,35-15+. The number of nitrogens with zero attached hydrogens (tertiary/aromatic N) is 1. The molecule has 0 saturated heterocycles. The average Bonchev–Trinajstić information content (AvgIpc) is 3.34. The first-order chi connectivity index (χ1) is 20.0. The van der Waals surface area contributed by atoms with Crippen LogP contribution in [0.4, 0.5) is 4.39 Å². The third-order valence-corrected chi connectivity index (χ3v) is 6.55. The SMILES string of the molecule is C=C/C=C(/c1ccc(F)cc1)c1nc(C(=C)C(=C/C(=C)C(/C=C(\C=C)NC(=C)CC(C)C)=C/C)/C(=C\C)NC)[nH]c1C. The first-order valence-corrected chi connectivity index (χ1v) is 14.0. The number of hydrogen-bond donors (Lipinski definition) is 3. The van der Waals surface area contributed by atoms with Gasteiger partial charge in [0.05, 0.1) is 5.69 Å². The number of aromatic nitrogens is 2. The van der Waals surface area contributed by atoms with Crippen LogP contribution in [-0.4, -0.2) is 17.0 Å². The number of halogens is 1. The van der Waals surface area contributed by atoms with E-state index in [9.17, 15) is 4.39 Å². The summed E-state index contributed by atoms with van der Waals surface area (Å²) >= 11 is 0. The van der Waals surface area contributed by atoms with E-state index in [0.717, 1.165) is 62.8 Å². The zero-order chi connectivity index (χ0) is 31.4. The topological polar surface area (TPSA) is 52.7 Å². The van der Waals surface area contributed by atoms with Gasteiger partial charge in [-0.3, -0.25) is 0 Å². The summed E-state index contributed by atoms with van der Waals surface area (Å²) in [6.07, 6.45) is 14.2. The Morgan fingerprint density at radius 1 is 1.05 bits per heavy atom. The highest BCUT2D eigenvalue weighted by atomic mass is 19.1. The Hall–Kier alpha value is -4.64. The molecular formula is C37H45FN4. The molecule has 0 aliphatic heterocycles. The zero-order valence-electron chi connectivity index (χ0n) is 26.0. The molecule has 3 N–H and O–H groups in total. The molecule has 0 spiro atoms. The summed E-state index contributed by atoms with van der Waals surface area (Å²) in [7, 11) is 1.87. The summed E-state index contributed by atoms with van der Waals surface area (Å²) in [6, 6.07) is 6.34. The van der Waals surface area contributed by atoms with Crippen LogP contribution in [0, 0.1) is 18.7 Å². The minimum Gasteiger partial charge on any atom is -0.388 e. The monoisotopic (exact) mass is 564 g/mol. The Bertz CT molecular complexity index is 1480. The van der Waals surface area contributed by atoms with Crippen molar-refractivity contribution in [3.63, 3.8) is 0 Å². The van der Waals surface area contributed by atoms with E-state index in [1.807, 2.05) is 58.2 Å². The van der Waals surface area contributed by atoms with Crippen molar-refractivity contribution in [1.29, 1.82) is 0 Å². The molecule has 5 heteroatoms. The van der Waals surface area contributed by atoms with E-state index >= 15 is 0 Å². The Morgan fingerprint density at radius 3 is 2.24 bits per heavy atom. The van der Waals surface area contributed by atoms with E-state index in [-0.39, 0.29) is 5.82 Å². The Balaban J connectivity index is 2.54. The molecule has 4 nitrogen and oxygen atoms in total. The van der Waals surface area contributed by atoms with Gasteiger partial charge < -0.3 is 15.6 Å². The number of nitrogens with one attached hydrogen (secondary N) is 3. The third kappa shape index (κ3) is 8.93. The Kier molecular flexibility index (Phi) is 12.8. The normalized spacial score (nSPS) is 13.2. The largest absolute Gasteiger partial charge is 0.388 e. The fraction of sp³-hybridized carbons (Fsp3) is 0.216. The molecule has 0 fully saturated rings. The van der Waals surface area contributed by atoms with Crippen molar-refractivity contribution in [3.05, 3.63) is 162 Å². The van der Waals surface area contributed by atoms with Gasteiger partial charge in [-0.1, -0.05) is 83.2 Å². The number of imidazole rings is 1. The summed E-state index contributed by atoms with van der Waals surface area (Å²) in [5, 5.41) is 6.64. The number of aromatic amines is 1. The maximum atomic E-state index is 13.6. The zero-order valence-corrected chi connectivity index (χ0v) is 26.0. The number of rotatable bonds is 15. The van der Waals surface area contributed by atoms with E-state index in [4.69, 9.17) is 4.98 Å². The predicted octanol–water partition coefficient (Wildman–Crippen LogP) is 9.26. The molecule has 2 rings (SSSR count). The van der Waals surface area contributed by atoms with Crippen LogP contribution in [0.15, 0.2) is 134 Å². The Labute approximate surface area is 252 Å². The Morgan fingerprint density at radius 2 is 1.71 bits per heavy atom. The van der Waals surface area contributed by atoms with Crippen LogP contribution in [0.1, 0.15) is 56.9 Å².